The quantitative estimate of drug-likeness (QED) is 0.768. The van der Waals surface area contributed by atoms with Crippen molar-refractivity contribution in [3.05, 3.63) is 0 Å². The van der Waals surface area contributed by atoms with Crippen molar-refractivity contribution in [1.29, 1.82) is 0 Å². The predicted molar refractivity (Wildman–Crippen MR) is 80.3 cm³/mol. The van der Waals surface area contributed by atoms with Crippen LogP contribution < -0.4 is 0 Å². The van der Waals surface area contributed by atoms with E-state index in [1.807, 2.05) is 0 Å². The molecule has 18 heavy (non-hydrogen) atoms. The zero-order valence-electron chi connectivity index (χ0n) is 11.6. The molecule has 0 spiro atoms. The van der Waals surface area contributed by atoms with Gasteiger partial charge in [0, 0.05) is 12.6 Å². The molecule has 1 aliphatic carbocycles. The molecule has 1 saturated heterocycles. The number of hydrogen-bond donors (Lipinski definition) is 2. The Bertz CT molecular complexity index is 241. The fourth-order valence-electron chi connectivity index (χ4n) is 3.75. The predicted octanol–water partition coefficient (Wildman–Crippen LogP) is 3.10. The average molecular weight is 271 g/mol. The van der Waals surface area contributed by atoms with Crippen molar-refractivity contribution >= 4 is 12.6 Å². The molecule has 2 fully saturated rings. The molecule has 0 aromatic heterocycles. The maximum atomic E-state index is 9.61. The van der Waals surface area contributed by atoms with E-state index >= 15 is 0 Å². The zero-order valence-corrected chi connectivity index (χ0v) is 12.5. The smallest absolute Gasteiger partial charge is 0.0586 e. The van der Waals surface area contributed by atoms with Crippen LogP contribution in [0.25, 0.3) is 0 Å². The van der Waals surface area contributed by atoms with Crippen LogP contribution in [0.3, 0.4) is 0 Å². The summed E-state index contributed by atoms with van der Waals surface area (Å²) in [5, 5.41) is 9.61. The third-order valence-corrected chi connectivity index (χ3v) is 5.67. The van der Waals surface area contributed by atoms with Gasteiger partial charge in [-0.15, -0.1) is 0 Å². The van der Waals surface area contributed by atoms with Crippen LogP contribution in [0.15, 0.2) is 0 Å². The number of thiol groups is 1. The van der Waals surface area contributed by atoms with Gasteiger partial charge in [0.05, 0.1) is 6.61 Å². The highest BCUT2D eigenvalue weighted by Gasteiger charge is 2.34. The van der Waals surface area contributed by atoms with Gasteiger partial charge in [0.25, 0.3) is 0 Å². The third kappa shape index (κ3) is 3.64. The average Bonchev–Trinajstić information content (AvgIpc) is 2.65. The first-order chi connectivity index (χ1) is 8.79. The first-order valence-electron chi connectivity index (χ1n) is 7.75. The molecule has 3 heteroatoms. The molecule has 1 atom stereocenters. The maximum absolute atomic E-state index is 9.61. The molecule has 2 rings (SSSR count). The summed E-state index contributed by atoms with van der Waals surface area (Å²) in [4.78, 5) is 2.58. The minimum absolute atomic E-state index is 0.336. The molecule has 0 aromatic carbocycles. The van der Waals surface area contributed by atoms with Crippen molar-refractivity contribution in [2.75, 3.05) is 25.4 Å². The fourth-order valence-corrected chi connectivity index (χ4v) is 4.17. The number of rotatable bonds is 4. The lowest BCUT2D eigenvalue weighted by Gasteiger charge is -2.42. The van der Waals surface area contributed by atoms with Gasteiger partial charge < -0.3 is 5.11 Å². The number of aliphatic hydroxyl groups excluding tert-OH is 1. The molecule has 2 aliphatic rings. The highest BCUT2D eigenvalue weighted by Crippen LogP contribution is 2.39. The molecule has 106 valence electrons. The van der Waals surface area contributed by atoms with Gasteiger partial charge in [-0.25, -0.2) is 0 Å². The molecule has 0 bridgehead atoms. The number of aliphatic hydroxyl groups is 1. The Kier molecular flexibility index (Phi) is 5.84. The van der Waals surface area contributed by atoms with Gasteiger partial charge in [-0.3, -0.25) is 4.90 Å². The van der Waals surface area contributed by atoms with E-state index in [-0.39, 0.29) is 0 Å². The Hall–Kier alpha value is 0.270. The van der Waals surface area contributed by atoms with Crippen molar-refractivity contribution < 1.29 is 5.11 Å². The molecule has 1 N–H and O–H groups in total. The second-order valence-electron chi connectivity index (χ2n) is 6.37. The van der Waals surface area contributed by atoms with Gasteiger partial charge in [-0.1, -0.05) is 32.1 Å². The van der Waals surface area contributed by atoms with Crippen LogP contribution in [-0.4, -0.2) is 41.5 Å². The Morgan fingerprint density at radius 2 is 1.78 bits per heavy atom. The lowest BCUT2D eigenvalue weighted by Crippen LogP contribution is -2.46. The number of hydrogen-bond acceptors (Lipinski definition) is 3. The molecule has 1 unspecified atom stereocenters. The summed E-state index contributed by atoms with van der Waals surface area (Å²) in [6.07, 6.45) is 11.9. The fraction of sp³-hybridized carbons (Fsp3) is 1.00. The van der Waals surface area contributed by atoms with E-state index in [9.17, 15) is 5.11 Å². The molecule has 1 aliphatic heterocycles. The molecule has 0 radical (unpaired) electrons. The standard InChI is InChI=1S/C15H29NOS/c17-11-14-7-3-1-6-10-16(14)12-15(13-18)8-4-2-5-9-15/h14,17-18H,1-13H2. The SMILES string of the molecule is OCC1CCCCCN1CC1(CS)CCCCC1. The van der Waals surface area contributed by atoms with E-state index in [1.165, 1.54) is 70.9 Å². The second-order valence-corrected chi connectivity index (χ2v) is 6.69. The number of nitrogens with zero attached hydrogens (tertiary/aromatic N) is 1. The van der Waals surface area contributed by atoms with Crippen LogP contribution in [-0.2, 0) is 0 Å². The molecule has 2 nitrogen and oxygen atoms in total. The summed E-state index contributed by atoms with van der Waals surface area (Å²) < 4.78 is 0. The molecular weight excluding hydrogens is 242 g/mol. The van der Waals surface area contributed by atoms with Crippen molar-refractivity contribution in [2.24, 2.45) is 5.41 Å². The van der Waals surface area contributed by atoms with E-state index < -0.39 is 0 Å². The second kappa shape index (κ2) is 7.16. The van der Waals surface area contributed by atoms with Crippen molar-refractivity contribution in [2.45, 2.75) is 63.8 Å². The number of likely N-dealkylation sites (tertiary alicyclic amines) is 1. The van der Waals surface area contributed by atoms with Crippen LogP contribution in [0.5, 0.6) is 0 Å². The molecule has 1 saturated carbocycles. The van der Waals surface area contributed by atoms with Crippen molar-refractivity contribution in [3.63, 3.8) is 0 Å². The summed E-state index contributed by atoms with van der Waals surface area (Å²) in [5.41, 5.74) is 0.430. The molecule has 0 aromatic rings. The lowest BCUT2D eigenvalue weighted by atomic mass is 9.75. The largest absolute Gasteiger partial charge is 0.395 e. The van der Waals surface area contributed by atoms with Gasteiger partial charge in [-0.2, -0.15) is 12.6 Å². The highest BCUT2D eigenvalue weighted by atomic mass is 32.1. The Labute approximate surface area is 118 Å². The van der Waals surface area contributed by atoms with Gasteiger partial charge in [0.2, 0.25) is 0 Å². The molecular formula is C15H29NOS. The summed E-state index contributed by atoms with van der Waals surface area (Å²) in [6, 6.07) is 0.409. The minimum Gasteiger partial charge on any atom is -0.395 e. The minimum atomic E-state index is 0.336. The van der Waals surface area contributed by atoms with Crippen LogP contribution in [0, 0.1) is 5.41 Å². The first-order valence-corrected chi connectivity index (χ1v) is 8.39. The maximum Gasteiger partial charge on any atom is 0.0586 e. The molecule has 0 amide bonds. The van der Waals surface area contributed by atoms with E-state index in [1.54, 1.807) is 0 Å². The third-order valence-electron chi connectivity index (χ3n) is 5.00. The van der Waals surface area contributed by atoms with Crippen LogP contribution in [0.2, 0.25) is 0 Å². The zero-order chi connectivity index (χ0) is 12.8. The normalized spacial score (nSPS) is 30.0. The highest BCUT2D eigenvalue weighted by molar-refractivity contribution is 7.80. The monoisotopic (exact) mass is 271 g/mol. The van der Waals surface area contributed by atoms with E-state index in [2.05, 4.69) is 17.5 Å². The van der Waals surface area contributed by atoms with Gasteiger partial charge in [-0.05, 0) is 43.4 Å². The summed E-state index contributed by atoms with van der Waals surface area (Å²) >= 11 is 4.65. The van der Waals surface area contributed by atoms with Crippen molar-refractivity contribution in [1.82, 2.24) is 4.90 Å². The van der Waals surface area contributed by atoms with Gasteiger partial charge in [0.15, 0.2) is 0 Å². The van der Waals surface area contributed by atoms with Crippen molar-refractivity contribution in [3.8, 4) is 0 Å². The van der Waals surface area contributed by atoms with Gasteiger partial charge in [0.1, 0.15) is 0 Å². The van der Waals surface area contributed by atoms with E-state index in [0.29, 0.717) is 18.1 Å². The van der Waals surface area contributed by atoms with Crippen LogP contribution >= 0.6 is 12.6 Å². The van der Waals surface area contributed by atoms with Gasteiger partial charge >= 0.3 is 0 Å². The summed E-state index contributed by atoms with van der Waals surface area (Å²) in [7, 11) is 0. The topological polar surface area (TPSA) is 23.5 Å². The van der Waals surface area contributed by atoms with E-state index in [4.69, 9.17) is 0 Å². The lowest BCUT2D eigenvalue weighted by molar-refractivity contribution is 0.0651. The summed E-state index contributed by atoms with van der Waals surface area (Å²) in [5.74, 6) is 1.02. The van der Waals surface area contributed by atoms with Crippen LogP contribution in [0.4, 0.5) is 0 Å². The van der Waals surface area contributed by atoms with E-state index in [0.717, 1.165) is 5.75 Å². The summed E-state index contributed by atoms with van der Waals surface area (Å²) in [6.45, 7) is 2.69. The first kappa shape index (κ1) is 14.7. The Morgan fingerprint density at radius 3 is 2.44 bits per heavy atom. The molecule has 1 heterocycles. The van der Waals surface area contributed by atoms with Crippen LogP contribution in [0.1, 0.15) is 57.8 Å². The Balaban J connectivity index is 1.99. The Morgan fingerprint density at radius 1 is 1.06 bits per heavy atom.